The summed E-state index contributed by atoms with van der Waals surface area (Å²) in [7, 11) is 0. The van der Waals surface area contributed by atoms with E-state index in [0.29, 0.717) is 5.56 Å². The predicted octanol–water partition coefficient (Wildman–Crippen LogP) is 5.18. The lowest BCUT2D eigenvalue weighted by Gasteiger charge is -2.17. The second-order valence-electron chi connectivity index (χ2n) is 6.89. The highest BCUT2D eigenvalue weighted by Gasteiger charge is 2.23. The van der Waals surface area contributed by atoms with E-state index in [2.05, 4.69) is 21.2 Å². The number of carboxylic acids is 1. The van der Waals surface area contributed by atoms with Gasteiger partial charge in [-0.25, -0.2) is 4.79 Å². The number of amides is 1. The summed E-state index contributed by atoms with van der Waals surface area (Å²) in [5.74, 6) is -1.45. The third-order valence-electron chi connectivity index (χ3n) is 4.95. The number of nitrogens with one attached hydrogen (secondary N) is 1. The Balaban J connectivity index is 1.73. The lowest BCUT2D eigenvalue weighted by molar-refractivity contribution is -0.139. The Morgan fingerprint density at radius 2 is 1.41 bits per heavy atom. The number of halogens is 1. The quantitative estimate of drug-likeness (QED) is 0.414. The van der Waals surface area contributed by atoms with Crippen LogP contribution in [0.4, 0.5) is 0 Å². The SMILES string of the molecule is O=C(N[C@H](Cc1ccc(Br)cc1)C(=O)O)c1c2ccccc2cc2ccccc12. The molecule has 0 fully saturated rings. The topological polar surface area (TPSA) is 66.4 Å². The third-order valence-corrected chi connectivity index (χ3v) is 5.48. The summed E-state index contributed by atoms with van der Waals surface area (Å²) in [5.41, 5.74) is 1.34. The molecule has 4 rings (SSSR count). The van der Waals surface area contributed by atoms with Crippen LogP contribution in [-0.2, 0) is 11.2 Å². The number of hydrogen-bond donors (Lipinski definition) is 2. The fourth-order valence-corrected chi connectivity index (χ4v) is 3.81. The van der Waals surface area contributed by atoms with Gasteiger partial charge in [0.05, 0.1) is 5.56 Å². The van der Waals surface area contributed by atoms with Gasteiger partial charge in [0.25, 0.3) is 5.91 Å². The number of carbonyl (C=O) groups excluding carboxylic acids is 1. The molecule has 0 unspecified atom stereocenters. The highest BCUT2D eigenvalue weighted by atomic mass is 79.9. The maximum absolute atomic E-state index is 13.2. The van der Waals surface area contributed by atoms with Crippen LogP contribution in [0.3, 0.4) is 0 Å². The molecule has 0 aliphatic heterocycles. The Bertz CT molecular complexity index is 1160. The zero-order valence-corrected chi connectivity index (χ0v) is 17.0. The van der Waals surface area contributed by atoms with E-state index in [0.717, 1.165) is 31.6 Å². The Labute approximate surface area is 176 Å². The van der Waals surface area contributed by atoms with Crippen LogP contribution in [0.25, 0.3) is 21.5 Å². The fraction of sp³-hybridized carbons (Fsp3) is 0.0833. The Morgan fingerprint density at radius 3 is 1.97 bits per heavy atom. The molecule has 0 aliphatic carbocycles. The summed E-state index contributed by atoms with van der Waals surface area (Å²) in [4.78, 5) is 25.1. The van der Waals surface area contributed by atoms with Crippen LogP contribution in [0.2, 0.25) is 0 Å². The molecule has 0 radical (unpaired) electrons. The van der Waals surface area contributed by atoms with E-state index >= 15 is 0 Å². The normalized spacial score (nSPS) is 12.0. The average molecular weight is 448 g/mol. The molecule has 29 heavy (non-hydrogen) atoms. The minimum absolute atomic E-state index is 0.205. The van der Waals surface area contributed by atoms with Gasteiger partial charge in [0, 0.05) is 10.9 Å². The summed E-state index contributed by atoms with van der Waals surface area (Å²) in [5, 5.41) is 15.9. The summed E-state index contributed by atoms with van der Waals surface area (Å²) in [6.07, 6.45) is 0.205. The summed E-state index contributed by atoms with van der Waals surface area (Å²) in [6, 6.07) is 23.7. The second kappa shape index (κ2) is 8.05. The minimum atomic E-state index is -1.06. The maximum Gasteiger partial charge on any atom is 0.326 e. The van der Waals surface area contributed by atoms with E-state index in [1.54, 1.807) is 0 Å². The fourth-order valence-electron chi connectivity index (χ4n) is 3.55. The average Bonchev–Trinajstić information content (AvgIpc) is 2.72. The van der Waals surface area contributed by atoms with Crippen LogP contribution >= 0.6 is 15.9 Å². The molecule has 144 valence electrons. The molecular weight excluding hydrogens is 430 g/mol. The summed E-state index contributed by atoms with van der Waals surface area (Å²) < 4.78 is 0.916. The summed E-state index contributed by atoms with van der Waals surface area (Å²) in [6.45, 7) is 0. The van der Waals surface area contributed by atoms with Gasteiger partial charge in [-0.05, 0) is 45.3 Å². The van der Waals surface area contributed by atoms with E-state index in [9.17, 15) is 14.7 Å². The molecule has 1 amide bonds. The molecule has 0 aliphatic rings. The van der Waals surface area contributed by atoms with E-state index in [1.807, 2.05) is 78.9 Å². The van der Waals surface area contributed by atoms with Crippen LogP contribution in [-0.4, -0.2) is 23.0 Å². The van der Waals surface area contributed by atoms with Gasteiger partial charge in [-0.2, -0.15) is 0 Å². The van der Waals surface area contributed by atoms with E-state index in [-0.39, 0.29) is 12.3 Å². The first-order chi connectivity index (χ1) is 14.0. The van der Waals surface area contributed by atoms with Crippen molar-refractivity contribution in [2.45, 2.75) is 12.5 Å². The molecule has 0 spiro atoms. The van der Waals surface area contributed by atoms with Crippen LogP contribution in [0.5, 0.6) is 0 Å². The molecule has 0 saturated heterocycles. The van der Waals surface area contributed by atoms with Gasteiger partial charge in [-0.1, -0.05) is 76.6 Å². The maximum atomic E-state index is 13.2. The van der Waals surface area contributed by atoms with Gasteiger partial charge in [0.15, 0.2) is 0 Å². The molecule has 0 saturated carbocycles. The Kier molecular flexibility index (Phi) is 5.32. The van der Waals surface area contributed by atoms with Gasteiger partial charge < -0.3 is 10.4 Å². The molecule has 1 atom stereocenters. The lowest BCUT2D eigenvalue weighted by atomic mass is 9.96. The molecule has 5 heteroatoms. The van der Waals surface area contributed by atoms with Crippen molar-refractivity contribution < 1.29 is 14.7 Å². The molecule has 4 aromatic carbocycles. The number of carbonyl (C=O) groups is 2. The lowest BCUT2D eigenvalue weighted by Crippen LogP contribution is -2.42. The smallest absolute Gasteiger partial charge is 0.326 e. The Morgan fingerprint density at radius 1 is 0.862 bits per heavy atom. The molecule has 0 bridgehead atoms. The van der Waals surface area contributed by atoms with Gasteiger partial charge in [0.1, 0.15) is 6.04 Å². The van der Waals surface area contributed by atoms with Crippen molar-refractivity contribution in [3.63, 3.8) is 0 Å². The van der Waals surface area contributed by atoms with Gasteiger partial charge in [-0.15, -0.1) is 0 Å². The van der Waals surface area contributed by atoms with Gasteiger partial charge >= 0.3 is 5.97 Å². The highest BCUT2D eigenvalue weighted by Crippen LogP contribution is 2.28. The minimum Gasteiger partial charge on any atom is -0.480 e. The van der Waals surface area contributed by atoms with Crippen molar-refractivity contribution in [2.75, 3.05) is 0 Å². The monoisotopic (exact) mass is 447 g/mol. The standard InChI is InChI=1S/C24H18BrNO3/c25-18-11-9-15(10-12-18)13-21(24(28)29)26-23(27)22-19-7-3-1-5-16(19)14-17-6-2-4-8-20(17)22/h1-12,14,21H,13H2,(H,26,27)(H,28,29)/t21-/m1/s1. The van der Waals surface area contributed by atoms with Crippen molar-refractivity contribution >= 4 is 49.4 Å². The van der Waals surface area contributed by atoms with Crippen LogP contribution < -0.4 is 5.32 Å². The second-order valence-corrected chi connectivity index (χ2v) is 7.80. The van der Waals surface area contributed by atoms with E-state index < -0.39 is 12.0 Å². The van der Waals surface area contributed by atoms with Crippen molar-refractivity contribution in [1.29, 1.82) is 0 Å². The molecule has 0 heterocycles. The van der Waals surface area contributed by atoms with Crippen molar-refractivity contribution in [3.8, 4) is 0 Å². The number of fused-ring (bicyclic) bond motifs is 2. The van der Waals surface area contributed by atoms with Gasteiger partial charge in [0.2, 0.25) is 0 Å². The van der Waals surface area contributed by atoms with Crippen molar-refractivity contribution in [3.05, 3.63) is 94.5 Å². The highest BCUT2D eigenvalue weighted by molar-refractivity contribution is 9.10. The van der Waals surface area contributed by atoms with Crippen LogP contribution in [0, 0.1) is 0 Å². The zero-order chi connectivity index (χ0) is 20.4. The molecule has 0 aromatic heterocycles. The van der Waals surface area contributed by atoms with Gasteiger partial charge in [-0.3, -0.25) is 4.79 Å². The van der Waals surface area contributed by atoms with Crippen LogP contribution in [0.15, 0.2) is 83.3 Å². The molecule has 4 aromatic rings. The first kappa shape index (κ1) is 19.2. The number of hydrogen-bond acceptors (Lipinski definition) is 2. The molecule has 4 nitrogen and oxygen atoms in total. The van der Waals surface area contributed by atoms with Crippen LogP contribution in [0.1, 0.15) is 15.9 Å². The van der Waals surface area contributed by atoms with Crippen molar-refractivity contribution in [2.24, 2.45) is 0 Å². The predicted molar refractivity (Wildman–Crippen MR) is 118 cm³/mol. The van der Waals surface area contributed by atoms with E-state index in [1.165, 1.54) is 0 Å². The number of benzene rings is 4. The Hall–Kier alpha value is -3.18. The first-order valence-corrected chi connectivity index (χ1v) is 10.0. The first-order valence-electron chi connectivity index (χ1n) is 9.21. The molecule has 2 N–H and O–H groups in total. The zero-order valence-electron chi connectivity index (χ0n) is 15.4. The number of aliphatic carboxylic acids is 1. The number of carboxylic acid groups (broad SMARTS) is 1. The summed E-state index contributed by atoms with van der Waals surface area (Å²) >= 11 is 3.37. The largest absolute Gasteiger partial charge is 0.480 e. The van der Waals surface area contributed by atoms with Crippen molar-refractivity contribution in [1.82, 2.24) is 5.32 Å². The molecular formula is C24H18BrNO3. The third kappa shape index (κ3) is 4.00. The van der Waals surface area contributed by atoms with E-state index in [4.69, 9.17) is 0 Å². The number of rotatable bonds is 5.